The zero-order valence-corrected chi connectivity index (χ0v) is 15.8. The summed E-state index contributed by atoms with van der Waals surface area (Å²) in [5.74, 6) is -0.685. The molecule has 0 aliphatic rings. The van der Waals surface area contributed by atoms with Gasteiger partial charge in [0.25, 0.3) is 5.91 Å². The highest BCUT2D eigenvalue weighted by Crippen LogP contribution is 2.31. The maximum Gasteiger partial charge on any atom is 0.256 e. The number of hydrogen-bond acceptors (Lipinski definition) is 4. The van der Waals surface area contributed by atoms with Crippen molar-refractivity contribution in [2.45, 2.75) is 16.2 Å². The van der Waals surface area contributed by atoms with Crippen LogP contribution >= 0.6 is 39.0 Å². The van der Waals surface area contributed by atoms with Crippen LogP contribution in [0.25, 0.3) is 0 Å². The number of carbonyl (C=O) groups is 1. The summed E-state index contributed by atoms with van der Waals surface area (Å²) in [5, 5.41) is 4.81. The molecular weight excluding hydrogens is 411 g/mol. The van der Waals surface area contributed by atoms with E-state index in [1.165, 1.54) is 18.2 Å². The fourth-order valence-electron chi connectivity index (χ4n) is 1.96. The summed E-state index contributed by atoms with van der Waals surface area (Å²) < 4.78 is 14.5. The number of carbonyl (C=O) groups excluding carboxylic acids is 1. The summed E-state index contributed by atoms with van der Waals surface area (Å²) in [6.45, 7) is 1.97. The maximum atomic E-state index is 13.1. The average molecular weight is 423 g/mol. The Labute approximate surface area is 155 Å². The Hall–Kier alpha value is -1.70. The van der Waals surface area contributed by atoms with Crippen molar-refractivity contribution in [1.82, 2.24) is 4.98 Å². The predicted octanol–water partition coefficient (Wildman–Crippen LogP) is 5.76. The minimum atomic E-state index is -0.391. The first-order chi connectivity index (χ1) is 11.5. The summed E-state index contributed by atoms with van der Waals surface area (Å²) in [4.78, 5) is 17.7. The second-order valence-electron chi connectivity index (χ2n) is 4.96. The van der Waals surface area contributed by atoms with Gasteiger partial charge in [0.15, 0.2) is 4.34 Å². The quantitative estimate of drug-likeness (QED) is 0.581. The van der Waals surface area contributed by atoms with Crippen LogP contribution in [0.2, 0.25) is 0 Å². The van der Waals surface area contributed by atoms with Gasteiger partial charge in [0.05, 0.1) is 5.56 Å². The SMILES string of the molecule is Cc1csc(Sc2ccc(NC(=O)c3ccc(F)cc3Br)cc2)n1. The summed E-state index contributed by atoms with van der Waals surface area (Å²) in [7, 11) is 0. The van der Waals surface area contributed by atoms with Gasteiger partial charge >= 0.3 is 0 Å². The maximum absolute atomic E-state index is 13.1. The second kappa shape index (κ2) is 7.46. The zero-order valence-electron chi connectivity index (χ0n) is 12.5. The molecule has 7 heteroatoms. The normalized spacial score (nSPS) is 10.6. The molecule has 1 amide bonds. The Morgan fingerprint density at radius 2 is 2.00 bits per heavy atom. The van der Waals surface area contributed by atoms with Crippen molar-refractivity contribution in [3.8, 4) is 0 Å². The smallest absolute Gasteiger partial charge is 0.256 e. The van der Waals surface area contributed by atoms with Crippen molar-refractivity contribution >= 4 is 50.6 Å². The number of hydrogen-bond donors (Lipinski definition) is 1. The van der Waals surface area contributed by atoms with Crippen molar-refractivity contribution < 1.29 is 9.18 Å². The number of aromatic nitrogens is 1. The molecule has 0 bridgehead atoms. The van der Waals surface area contributed by atoms with Crippen LogP contribution in [-0.4, -0.2) is 10.9 Å². The van der Waals surface area contributed by atoms with E-state index in [2.05, 4.69) is 26.2 Å². The number of rotatable bonds is 4. The molecule has 1 heterocycles. The Bertz CT molecular complexity index is 881. The largest absolute Gasteiger partial charge is 0.322 e. The van der Waals surface area contributed by atoms with Gasteiger partial charge in [-0.2, -0.15) is 0 Å². The number of amides is 1. The highest BCUT2D eigenvalue weighted by Gasteiger charge is 2.11. The average Bonchev–Trinajstić information content (AvgIpc) is 2.94. The lowest BCUT2D eigenvalue weighted by atomic mass is 10.2. The second-order valence-corrected chi connectivity index (χ2v) is 7.99. The van der Waals surface area contributed by atoms with Gasteiger partial charge in [0, 0.05) is 26.1 Å². The minimum absolute atomic E-state index is 0.294. The van der Waals surface area contributed by atoms with Crippen molar-refractivity contribution in [2.75, 3.05) is 5.32 Å². The third-order valence-electron chi connectivity index (χ3n) is 3.09. The van der Waals surface area contributed by atoms with Gasteiger partial charge in [-0.1, -0.05) is 11.8 Å². The molecule has 0 aliphatic carbocycles. The number of nitrogens with one attached hydrogen (secondary N) is 1. The molecule has 3 nitrogen and oxygen atoms in total. The number of nitrogens with zero attached hydrogens (tertiary/aromatic N) is 1. The molecule has 0 aliphatic heterocycles. The first-order valence-corrected chi connectivity index (χ1v) is 9.46. The van der Waals surface area contributed by atoms with Crippen molar-refractivity contribution in [3.05, 3.63) is 69.4 Å². The Morgan fingerprint density at radius 1 is 1.25 bits per heavy atom. The van der Waals surface area contributed by atoms with Crippen LogP contribution in [0.5, 0.6) is 0 Å². The summed E-state index contributed by atoms with van der Waals surface area (Å²) in [5.41, 5.74) is 2.07. The minimum Gasteiger partial charge on any atom is -0.322 e. The number of benzene rings is 2. The third kappa shape index (κ3) is 4.23. The standard InChI is InChI=1S/C17H12BrFN2OS2/c1-10-9-23-17(20-10)24-13-5-3-12(4-6-13)21-16(22)14-7-2-11(19)8-15(14)18/h2-9H,1H3,(H,21,22). The van der Waals surface area contributed by atoms with Gasteiger partial charge in [-0.25, -0.2) is 9.37 Å². The van der Waals surface area contributed by atoms with Crippen molar-refractivity contribution in [1.29, 1.82) is 0 Å². The van der Waals surface area contributed by atoms with Gasteiger partial charge in [-0.3, -0.25) is 4.79 Å². The van der Waals surface area contributed by atoms with Crippen molar-refractivity contribution in [3.63, 3.8) is 0 Å². The lowest BCUT2D eigenvalue weighted by Gasteiger charge is -2.07. The predicted molar refractivity (Wildman–Crippen MR) is 99.5 cm³/mol. The van der Waals surface area contributed by atoms with Crippen LogP contribution in [0, 0.1) is 12.7 Å². The highest BCUT2D eigenvalue weighted by atomic mass is 79.9. The molecule has 1 N–H and O–H groups in total. The van der Waals surface area contributed by atoms with E-state index < -0.39 is 5.82 Å². The van der Waals surface area contributed by atoms with E-state index in [4.69, 9.17) is 0 Å². The van der Waals surface area contributed by atoms with E-state index in [0.717, 1.165) is 14.9 Å². The molecule has 0 fully saturated rings. The van der Waals surface area contributed by atoms with Gasteiger partial charge in [-0.05, 0) is 65.3 Å². The fourth-order valence-corrected chi connectivity index (χ4v) is 4.30. The van der Waals surface area contributed by atoms with Crippen LogP contribution in [0.4, 0.5) is 10.1 Å². The first kappa shape index (κ1) is 17.1. The van der Waals surface area contributed by atoms with Crippen LogP contribution < -0.4 is 5.32 Å². The van der Waals surface area contributed by atoms with Gasteiger partial charge in [-0.15, -0.1) is 11.3 Å². The van der Waals surface area contributed by atoms with Gasteiger partial charge < -0.3 is 5.32 Å². The molecule has 0 radical (unpaired) electrons. The lowest BCUT2D eigenvalue weighted by Crippen LogP contribution is -2.12. The van der Waals surface area contributed by atoms with E-state index >= 15 is 0 Å². The summed E-state index contributed by atoms with van der Waals surface area (Å²) in [6, 6.07) is 11.5. The number of halogens is 2. The highest BCUT2D eigenvalue weighted by molar-refractivity contribution is 9.10. The summed E-state index contributed by atoms with van der Waals surface area (Å²) >= 11 is 6.39. The molecule has 122 valence electrons. The molecule has 0 saturated carbocycles. The molecule has 1 aromatic heterocycles. The van der Waals surface area contributed by atoms with Gasteiger partial charge in [0.2, 0.25) is 0 Å². The monoisotopic (exact) mass is 422 g/mol. The Kier molecular flexibility index (Phi) is 5.33. The third-order valence-corrected chi connectivity index (χ3v) is 5.81. The Morgan fingerprint density at radius 3 is 2.62 bits per heavy atom. The van der Waals surface area contributed by atoms with E-state index in [-0.39, 0.29) is 5.91 Å². The molecule has 24 heavy (non-hydrogen) atoms. The van der Waals surface area contributed by atoms with Crippen LogP contribution in [0.3, 0.4) is 0 Å². The zero-order chi connectivity index (χ0) is 17.1. The number of anilines is 1. The molecule has 3 aromatic rings. The van der Waals surface area contributed by atoms with Crippen LogP contribution in [0.15, 0.2) is 61.6 Å². The van der Waals surface area contributed by atoms with Crippen molar-refractivity contribution in [2.24, 2.45) is 0 Å². The van der Waals surface area contributed by atoms with E-state index in [1.54, 1.807) is 23.1 Å². The van der Waals surface area contributed by atoms with Gasteiger partial charge in [0.1, 0.15) is 5.82 Å². The summed E-state index contributed by atoms with van der Waals surface area (Å²) in [6.07, 6.45) is 0. The topological polar surface area (TPSA) is 42.0 Å². The molecule has 0 saturated heterocycles. The molecule has 2 aromatic carbocycles. The van der Waals surface area contributed by atoms with Crippen LogP contribution in [0.1, 0.15) is 16.1 Å². The Balaban J connectivity index is 1.68. The van der Waals surface area contributed by atoms with Crippen LogP contribution in [-0.2, 0) is 0 Å². The number of thiazole rings is 1. The molecular formula is C17H12BrFN2OS2. The molecule has 0 atom stereocenters. The fraction of sp³-hybridized carbons (Fsp3) is 0.0588. The first-order valence-electron chi connectivity index (χ1n) is 6.98. The number of aryl methyl sites for hydroxylation is 1. The molecule has 0 spiro atoms. The van der Waals surface area contributed by atoms with E-state index in [1.807, 2.05) is 36.6 Å². The van der Waals surface area contributed by atoms with E-state index in [0.29, 0.717) is 15.7 Å². The molecule has 0 unspecified atom stereocenters. The van der Waals surface area contributed by atoms with E-state index in [9.17, 15) is 9.18 Å². The molecule has 3 rings (SSSR count). The lowest BCUT2D eigenvalue weighted by molar-refractivity contribution is 0.102.